The largest absolute Gasteiger partial charge is 0.368 e. The molecule has 1 atom stereocenters. The van der Waals surface area contributed by atoms with E-state index in [1.807, 2.05) is 24.0 Å². The van der Waals surface area contributed by atoms with E-state index in [0.717, 1.165) is 46.7 Å². The fraction of sp³-hybridized carbons (Fsp3) is 0.600. The maximum absolute atomic E-state index is 12.7. The minimum absolute atomic E-state index is 0.187. The summed E-state index contributed by atoms with van der Waals surface area (Å²) in [6.45, 7) is 8.31. The highest BCUT2D eigenvalue weighted by Gasteiger charge is 2.28. The maximum Gasteiger partial charge on any atom is 0.236 e. The van der Waals surface area contributed by atoms with E-state index in [4.69, 9.17) is 4.74 Å². The zero-order chi connectivity index (χ0) is 20.2. The number of rotatable bonds is 6. The third-order valence-corrected chi connectivity index (χ3v) is 6.28. The summed E-state index contributed by atoms with van der Waals surface area (Å²) in [6.07, 6.45) is 3.04. The molecular formula is C20H28N6O2S. The van der Waals surface area contributed by atoms with Crippen molar-refractivity contribution in [3.8, 4) is 0 Å². The lowest BCUT2D eigenvalue weighted by Gasteiger charge is -2.34. The predicted molar refractivity (Wildman–Crippen MR) is 112 cm³/mol. The van der Waals surface area contributed by atoms with Gasteiger partial charge in [-0.05, 0) is 51.4 Å². The SMILES string of the molecule is CCc1nnc(Nc2cc(C)nc([C@H]3CN(C(=O)CN4CCCC4)CCO3)c2)s1. The molecule has 0 aromatic carbocycles. The molecule has 0 unspecified atom stereocenters. The van der Waals surface area contributed by atoms with Crippen LogP contribution in [0.15, 0.2) is 12.1 Å². The van der Waals surface area contributed by atoms with Gasteiger partial charge < -0.3 is 15.0 Å². The van der Waals surface area contributed by atoms with Crippen molar-refractivity contribution in [2.75, 3.05) is 44.6 Å². The zero-order valence-corrected chi connectivity index (χ0v) is 17.9. The van der Waals surface area contributed by atoms with Crippen LogP contribution in [0.4, 0.5) is 10.8 Å². The molecular weight excluding hydrogens is 388 g/mol. The molecule has 4 rings (SSSR count). The van der Waals surface area contributed by atoms with Crippen molar-refractivity contribution >= 4 is 28.1 Å². The summed E-state index contributed by atoms with van der Waals surface area (Å²) in [5.74, 6) is 0.187. The predicted octanol–water partition coefficient (Wildman–Crippen LogP) is 2.54. The average molecular weight is 417 g/mol. The molecule has 2 aliphatic rings. The van der Waals surface area contributed by atoms with Crippen molar-refractivity contribution in [1.82, 2.24) is 25.0 Å². The number of aromatic nitrogens is 3. The van der Waals surface area contributed by atoms with Gasteiger partial charge in [-0.15, -0.1) is 10.2 Å². The first-order valence-corrected chi connectivity index (χ1v) is 11.1. The van der Waals surface area contributed by atoms with E-state index in [1.54, 1.807) is 11.3 Å². The van der Waals surface area contributed by atoms with Gasteiger partial charge in [-0.3, -0.25) is 14.7 Å². The van der Waals surface area contributed by atoms with Crippen molar-refractivity contribution in [2.24, 2.45) is 0 Å². The number of anilines is 2. The van der Waals surface area contributed by atoms with Crippen molar-refractivity contribution in [3.05, 3.63) is 28.5 Å². The Hall–Kier alpha value is -2.10. The Labute approximate surface area is 175 Å². The van der Waals surface area contributed by atoms with Gasteiger partial charge >= 0.3 is 0 Å². The monoisotopic (exact) mass is 416 g/mol. The second-order valence-corrected chi connectivity index (χ2v) is 8.65. The number of pyridine rings is 1. The van der Waals surface area contributed by atoms with Gasteiger partial charge in [0.05, 0.1) is 25.4 Å². The lowest BCUT2D eigenvalue weighted by molar-refractivity contribution is -0.140. The van der Waals surface area contributed by atoms with E-state index in [1.165, 1.54) is 12.8 Å². The molecule has 0 aliphatic carbocycles. The molecule has 1 N–H and O–H groups in total. The number of nitrogens with zero attached hydrogens (tertiary/aromatic N) is 5. The molecule has 2 aromatic heterocycles. The van der Waals surface area contributed by atoms with Crippen LogP contribution < -0.4 is 5.32 Å². The highest BCUT2D eigenvalue weighted by molar-refractivity contribution is 7.15. The molecule has 2 fully saturated rings. The molecule has 8 nitrogen and oxygen atoms in total. The molecule has 0 spiro atoms. The van der Waals surface area contributed by atoms with Gasteiger partial charge in [0, 0.05) is 17.9 Å². The molecule has 9 heteroatoms. The van der Waals surface area contributed by atoms with Crippen LogP contribution >= 0.6 is 11.3 Å². The average Bonchev–Trinajstić information content (AvgIpc) is 3.39. The van der Waals surface area contributed by atoms with E-state index < -0.39 is 0 Å². The number of amides is 1. The number of likely N-dealkylation sites (tertiary alicyclic amines) is 1. The summed E-state index contributed by atoms with van der Waals surface area (Å²) < 4.78 is 5.97. The van der Waals surface area contributed by atoms with Crippen molar-refractivity contribution in [3.63, 3.8) is 0 Å². The Morgan fingerprint density at radius 1 is 1.28 bits per heavy atom. The van der Waals surface area contributed by atoms with Gasteiger partial charge in [-0.25, -0.2) is 0 Å². The van der Waals surface area contributed by atoms with E-state index in [0.29, 0.717) is 26.2 Å². The smallest absolute Gasteiger partial charge is 0.236 e. The van der Waals surface area contributed by atoms with Gasteiger partial charge in [-0.1, -0.05) is 18.3 Å². The number of carbonyl (C=O) groups excluding carboxylic acids is 1. The highest BCUT2D eigenvalue weighted by atomic mass is 32.1. The number of hydrogen-bond acceptors (Lipinski definition) is 8. The lowest BCUT2D eigenvalue weighted by Crippen LogP contribution is -2.46. The summed E-state index contributed by atoms with van der Waals surface area (Å²) in [5.41, 5.74) is 2.65. The summed E-state index contributed by atoms with van der Waals surface area (Å²) >= 11 is 1.55. The van der Waals surface area contributed by atoms with Crippen LogP contribution in [-0.2, 0) is 16.0 Å². The molecule has 0 saturated carbocycles. The zero-order valence-electron chi connectivity index (χ0n) is 17.1. The molecule has 156 valence electrons. The summed E-state index contributed by atoms with van der Waals surface area (Å²) in [5, 5.41) is 13.4. The Balaban J connectivity index is 1.43. The number of ether oxygens (including phenoxy) is 1. The normalized spacial score (nSPS) is 20.2. The van der Waals surface area contributed by atoms with Crippen molar-refractivity contribution < 1.29 is 9.53 Å². The molecule has 2 saturated heterocycles. The lowest BCUT2D eigenvalue weighted by atomic mass is 10.1. The summed E-state index contributed by atoms with van der Waals surface area (Å²) in [6, 6.07) is 3.97. The number of hydrogen-bond donors (Lipinski definition) is 1. The van der Waals surface area contributed by atoms with Crippen LogP contribution in [0.25, 0.3) is 0 Å². The van der Waals surface area contributed by atoms with Gasteiger partial charge in [0.15, 0.2) is 0 Å². The van der Waals surface area contributed by atoms with Crippen LogP contribution in [0.2, 0.25) is 0 Å². The first-order valence-electron chi connectivity index (χ1n) is 10.3. The standard InChI is InChI=1S/C20H28N6O2S/c1-3-18-23-24-20(29-18)22-15-10-14(2)21-16(11-15)17-12-26(8-9-28-17)19(27)13-25-6-4-5-7-25/h10-11,17H,3-9,12-13H2,1-2H3,(H,21,22,24)/t17-/m1/s1. The van der Waals surface area contributed by atoms with Gasteiger partial charge in [0.2, 0.25) is 11.0 Å². The molecule has 2 aromatic rings. The van der Waals surface area contributed by atoms with E-state index in [2.05, 4.69) is 32.3 Å². The fourth-order valence-corrected chi connectivity index (χ4v) is 4.49. The second kappa shape index (κ2) is 9.15. The second-order valence-electron chi connectivity index (χ2n) is 7.58. The van der Waals surface area contributed by atoms with Crippen LogP contribution in [0.1, 0.15) is 42.3 Å². The third-order valence-electron chi connectivity index (χ3n) is 5.30. The van der Waals surface area contributed by atoms with Crippen LogP contribution in [0, 0.1) is 6.92 Å². The highest BCUT2D eigenvalue weighted by Crippen LogP contribution is 2.27. The fourth-order valence-electron chi connectivity index (χ4n) is 3.79. The topological polar surface area (TPSA) is 83.5 Å². The summed E-state index contributed by atoms with van der Waals surface area (Å²) in [7, 11) is 0. The Bertz CT molecular complexity index is 851. The first kappa shape index (κ1) is 20.2. The first-order chi connectivity index (χ1) is 14.1. The number of nitrogens with one attached hydrogen (secondary N) is 1. The third kappa shape index (κ3) is 5.09. The summed E-state index contributed by atoms with van der Waals surface area (Å²) in [4.78, 5) is 21.6. The number of morpholine rings is 1. The van der Waals surface area contributed by atoms with E-state index >= 15 is 0 Å². The van der Waals surface area contributed by atoms with E-state index in [-0.39, 0.29) is 12.0 Å². The number of aryl methyl sites for hydroxylation is 2. The molecule has 29 heavy (non-hydrogen) atoms. The van der Waals surface area contributed by atoms with Crippen molar-refractivity contribution in [1.29, 1.82) is 0 Å². The van der Waals surface area contributed by atoms with Crippen LogP contribution in [0.3, 0.4) is 0 Å². The van der Waals surface area contributed by atoms with Gasteiger partial charge in [-0.2, -0.15) is 0 Å². The van der Waals surface area contributed by atoms with Gasteiger partial charge in [0.25, 0.3) is 0 Å². The van der Waals surface area contributed by atoms with Crippen LogP contribution in [-0.4, -0.2) is 70.2 Å². The number of carbonyl (C=O) groups is 1. The molecule has 0 bridgehead atoms. The Kier molecular flexibility index (Phi) is 6.37. The van der Waals surface area contributed by atoms with E-state index in [9.17, 15) is 4.79 Å². The minimum atomic E-state index is -0.215. The van der Waals surface area contributed by atoms with Crippen molar-refractivity contribution in [2.45, 2.75) is 39.2 Å². The molecule has 0 radical (unpaired) electrons. The maximum atomic E-state index is 12.7. The molecule has 4 heterocycles. The Morgan fingerprint density at radius 2 is 2.10 bits per heavy atom. The Morgan fingerprint density at radius 3 is 2.86 bits per heavy atom. The minimum Gasteiger partial charge on any atom is -0.368 e. The van der Waals surface area contributed by atoms with Gasteiger partial charge in [0.1, 0.15) is 11.1 Å². The van der Waals surface area contributed by atoms with Crippen LogP contribution in [0.5, 0.6) is 0 Å². The molecule has 1 amide bonds. The quantitative estimate of drug-likeness (QED) is 0.775. The molecule has 2 aliphatic heterocycles.